The Labute approximate surface area is 111 Å². The summed E-state index contributed by atoms with van der Waals surface area (Å²) < 4.78 is 13.4. The maximum absolute atomic E-state index is 13.4. The Morgan fingerprint density at radius 2 is 1.74 bits per heavy atom. The molecule has 2 aromatic rings. The fraction of sp³-hybridized carbons (Fsp3) is 0.133. The Hall–Kier alpha value is -2.20. The summed E-state index contributed by atoms with van der Waals surface area (Å²) in [6.07, 6.45) is 0.418. The summed E-state index contributed by atoms with van der Waals surface area (Å²) >= 11 is 0. The largest absolute Gasteiger partial charge is 0.322 e. The van der Waals surface area contributed by atoms with Crippen LogP contribution >= 0.6 is 0 Å². The summed E-state index contributed by atoms with van der Waals surface area (Å²) in [6.45, 7) is 0. The molecule has 19 heavy (non-hydrogen) atoms. The first kappa shape index (κ1) is 13.2. The van der Waals surface area contributed by atoms with Crippen LogP contribution in [0.2, 0.25) is 0 Å². The second kappa shape index (κ2) is 6.11. The van der Waals surface area contributed by atoms with Gasteiger partial charge in [0.25, 0.3) is 0 Å². The second-order valence-corrected chi connectivity index (χ2v) is 4.27. The first-order valence-corrected chi connectivity index (χ1v) is 6.01. The summed E-state index contributed by atoms with van der Waals surface area (Å²) in [7, 11) is 0. The third kappa shape index (κ3) is 3.63. The van der Waals surface area contributed by atoms with Gasteiger partial charge in [-0.15, -0.1) is 0 Å². The maximum atomic E-state index is 13.4. The minimum atomic E-state index is -0.706. The highest BCUT2D eigenvalue weighted by atomic mass is 19.1. The zero-order valence-corrected chi connectivity index (χ0v) is 10.3. The van der Waals surface area contributed by atoms with Crippen LogP contribution in [0.1, 0.15) is 5.56 Å². The number of nitrogens with two attached hydrogens (primary N) is 1. The van der Waals surface area contributed by atoms with E-state index in [4.69, 9.17) is 5.73 Å². The van der Waals surface area contributed by atoms with Crippen molar-refractivity contribution in [2.24, 2.45) is 5.73 Å². The van der Waals surface area contributed by atoms with Gasteiger partial charge in [-0.05, 0) is 24.1 Å². The Bertz CT molecular complexity index is 557. The highest BCUT2D eigenvalue weighted by Crippen LogP contribution is 2.13. The van der Waals surface area contributed by atoms with E-state index in [9.17, 15) is 9.18 Å². The normalized spacial score (nSPS) is 11.9. The molecule has 2 aromatic carbocycles. The number of amides is 1. The Kier molecular flexibility index (Phi) is 4.26. The van der Waals surface area contributed by atoms with Crippen molar-refractivity contribution < 1.29 is 9.18 Å². The van der Waals surface area contributed by atoms with Gasteiger partial charge in [-0.25, -0.2) is 4.39 Å². The number of anilines is 1. The van der Waals surface area contributed by atoms with Crippen molar-refractivity contribution in [2.75, 3.05) is 5.32 Å². The summed E-state index contributed by atoms with van der Waals surface area (Å²) in [5.41, 5.74) is 6.93. The van der Waals surface area contributed by atoms with E-state index in [1.165, 1.54) is 12.1 Å². The Morgan fingerprint density at radius 3 is 2.42 bits per heavy atom. The third-order valence-corrected chi connectivity index (χ3v) is 2.77. The van der Waals surface area contributed by atoms with Gasteiger partial charge in [0.05, 0.1) is 11.7 Å². The lowest BCUT2D eigenvalue weighted by Gasteiger charge is -2.12. The molecule has 0 aliphatic heterocycles. The molecule has 3 nitrogen and oxygen atoms in total. The molecule has 0 aliphatic carbocycles. The van der Waals surface area contributed by atoms with Crippen LogP contribution < -0.4 is 11.1 Å². The molecular weight excluding hydrogens is 243 g/mol. The van der Waals surface area contributed by atoms with Crippen molar-refractivity contribution in [2.45, 2.75) is 12.5 Å². The van der Waals surface area contributed by atoms with E-state index < -0.39 is 17.8 Å². The number of nitrogens with one attached hydrogen (secondary N) is 1. The van der Waals surface area contributed by atoms with Crippen molar-refractivity contribution in [3.8, 4) is 0 Å². The molecule has 0 aliphatic rings. The molecule has 1 atom stereocenters. The number of carbonyl (C=O) groups excluding carboxylic acids is 1. The molecule has 98 valence electrons. The molecule has 0 saturated heterocycles. The topological polar surface area (TPSA) is 55.1 Å². The molecule has 0 spiro atoms. The first-order chi connectivity index (χ1) is 9.16. The molecule has 0 unspecified atom stereocenters. The number of halogens is 1. The average molecular weight is 258 g/mol. The zero-order chi connectivity index (χ0) is 13.7. The van der Waals surface area contributed by atoms with Gasteiger partial charge in [0, 0.05) is 0 Å². The fourth-order valence-corrected chi connectivity index (χ4v) is 1.75. The summed E-state index contributed by atoms with van der Waals surface area (Å²) in [5, 5.41) is 2.49. The van der Waals surface area contributed by atoms with Gasteiger partial charge in [0.15, 0.2) is 0 Å². The molecule has 0 heterocycles. The summed E-state index contributed by atoms with van der Waals surface area (Å²) in [5.74, 6) is -0.864. The average Bonchev–Trinajstić information content (AvgIpc) is 2.42. The predicted molar refractivity (Wildman–Crippen MR) is 73.2 cm³/mol. The third-order valence-electron chi connectivity index (χ3n) is 2.77. The minimum absolute atomic E-state index is 0.149. The molecule has 1 amide bonds. The van der Waals surface area contributed by atoms with E-state index in [1.54, 1.807) is 12.1 Å². The molecule has 0 radical (unpaired) electrons. The van der Waals surface area contributed by atoms with Crippen LogP contribution in [0.25, 0.3) is 0 Å². The van der Waals surface area contributed by atoms with Gasteiger partial charge in [0.2, 0.25) is 5.91 Å². The summed E-state index contributed by atoms with van der Waals surface area (Å²) in [6, 6.07) is 14.8. The zero-order valence-electron chi connectivity index (χ0n) is 10.3. The highest BCUT2D eigenvalue weighted by molar-refractivity contribution is 5.94. The van der Waals surface area contributed by atoms with Crippen LogP contribution in [-0.4, -0.2) is 11.9 Å². The van der Waals surface area contributed by atoms with Gasteiger partial charge in [-0.3, -0.25) is 4.79 Å². The number of para-hydroxylation sites is 1. The van der Waals surface area contributed by atoms with E-state index in [0.29, 0.717) is 6.42 Å². The van der Waals surface area contributed by atoms with Gasteiger partial charge in [-0.2, -0.15) is 0 Å². The van der Waals surface area contributed by atoms with E-state index >= 15 is 0 Å². The number of hydrogen-bond donors (Lipinski definition) is 2. The van der Waals surface area contributed by atoms with Crippen molar-refractivity contribution in [1.82, 2.24) is 0 Å². The van der Waals surface area contributed by atoms with E-state index in [1.807, 2.05) is 30.3 Å². The van der Waals surface area contributed by atoms with Crippen molar-refractivity contribution in [3.05, 3.63) is 66.0 Å². The molecule has 0 aromatic heterocycles. The number of carbonyl (C=O) groups is 1. The Balaban J connectivity index is 1.99. The van der Waals surface area contributed by atoms with Crippen LogP contribution in [0.4, 0.5) is 10.1 Å². The molecule has 3 N–H and O–H groups in total. The van der Waals surface area contributed by atoms with Gasteiger partial charge >= 0.3 is 0 Å². The fourth-order valence-electron chi connectivity index (χ4n) is 1.75. The van der Waals surface area contributed by atoms with Gasteiger partial charge < -0.3 is 11.1 Å². The summed E-state index contributed by atoms with van der Waals surface area (Å²) in [4.78, 5) is 11.9. The van der Waals surface area contributed by atoms with E-state index in [2.05, 4.69) is 5.32 Å². The SMILES string of the molecule is N[C@@H](Cc1ccccc1)C(=O)Nc1ccccc1F. The molecule has 0 fully saturated rings. The number of rotatable bonds is 4. The van der Waals surface area contributed by atoms with Crippen molar-refractivity contribution in [1.29, 1.82) is 0 Å². The van der Waals surface area contributed by atoms with Gasteiger partial charge in [0.1, 0.15) is 5.82 Å². The van der Waals surface area contributed by atoms with Crippen LogP contribution in [0.15, 0.2) is 54.6 Å². The van der Waals surface area contributed by atoms with E-state index in [-0.39, 0.29) is 5.69 Å². The van der Waals surface area contributed by atoms with Crippen LogP contribution in [0.5, 0.6) is 0 Å². The Morgan fingerprint density at radius 1 is 1.11 bits per heavy atom. The van der Waals surface area contributed by atoms with Crippen molar-refractivity contribution in [3.63, 3.8) is 0 Å². The maximum Gasteiger partial charge on any atom is 0.241 e. The second-order valence-electron chi connectivity index (χ2n) is 4.27. The minimum Gasteiger partial charge on any atom is -0.322 e. The molecule has 4 heteroatoms. The lowest BCUT2D eigenvalue weighted by Crippen LogP contribution is -2.37. The molecule has 0 saturated carbocycles. The number of hydrogen-bond acceptors (Lipinski definition) is 2. The van der Waals surface area contributed by atoms with E-state index in [0.717, 1.165) is 5.56 Å². The number of benzene rings is 2. The lowest BCUT2D eigenvalue weighted by molar-refractivity contribution is -0.117. The lowest BCUT2D eigenvalue weighted by atomic mass is 10.1. The monoisotopic (exact) mass is 258 g/mol. The standard InChI is InChI=1S/C15H15FN2O/c16-12-8-4-5-9-14(12)18-15(19)13(17)10-11-6-2-1-3-7-11/h1-9,13H,10,17H2,(H,18,19)/t13-/m0/s1. The van der Waals surface area contributed by atoms with Gasteiger partial charge in [-0.1, -0.05) is 42.5 Å². The van der Waals surface area contributed by atoms with Crippen LogP contribution in [0, 0.1) is 5.82 Å². The highest BCUT2D eigenvalue weighted by Gasteiger charge is 2.15. The predicted octanol–water partition coefficient (Wildman–Crippen LogP) is 2.33. The molecular formula is C15H15FN2O. The first-order valence-electron chi connectivity index (χ1n) is 6.01. The molecule has 0 bridgehead atoms. The van der Waals surface area contributed by atoms with Crippen molar-refractivity contribution >= 4 is 11.6 Å². The van der Waals surface area contributed by atoms with Crippen LogP contribution in [0.3, 0.4) is 0 Å². The van der Waals surface area contributed by atoms with Crippen LogP contribution in [-0.2, 0) is 11.2 Å². The smallest absolute Gasteiger partial charge is 0.241 e. The molecule has 2 rings (SSSR count). The quantitative estimate of drug-likeness (QED) is 0.884.